The summed E-state index contributed by atoms with van der Waals surface area (Å²) in [6, 6.07) is 8.26. The zero-order valence-electron chi connectivity index (χ0n) is 15.2. The van der Waals surface area contributed by atoms with Crippen molar-refractivity contribution in [3.8, 4) is 17.2 Å². The topological polar surface area (TPSA) is 99.9 Å². The van der Waals surface area contributed by atoms with E-state index >= 15 is 0 Å². The van der Waals surface area contributed by atoms with Gasteiger partial charge in [-0.3, -0.25) is 9.59 Å². The van der Waals surface area contributed by atoms with Gasteiger partial charge >= 0.3 is 0 Å². The summed E-state index contributed by atoms with van der Waals surface area (Å²) >= 11 is 0. The predicted molar refractivity (Wildman–Crippen MR) is 96.5 cm³/mol. The van der Waals surface area contributed by atoms with Crippen LogP contribution in [-0.2, 0) is 4.79 Å². The Kier molecular flexibility index (Phi) is 6.59. The van der Waals surface area contributed by atoms with Gasteiger partial charge in [-0.15, -0.1) is 0 Å². The second-order valence-corrected chi connectivity index (χ2v) is 5.67. The number of amides is 2. The van der Waals surface area contributed by atoms with Crippen molar-refractivity contribution in [2.24, 2.45) is 5.73 Å². The third-order valence-corrected chi connectivity index (χ3v) is 3.81. The number of halogens is 1. The number of primary amides is 1. The summed E-state index contributed by atoms with van der Waals surface area (Å²) < 4.78 is 29.7. The number of benzene rings is 2. The molecule has 8 heteroatoms. The van der Waals surface area contributed by atoms with Gasteiger partial charge in [0.1, 0.15) is 11.6 Å². The van der Waals surface area contributed by atoms with E-state index in [0.29, 0.717) is 5.75 Å². The van der Waals surface area contributed by atoms with Crippen molar-refractivity contribution in [1.29, 1.82) is 0 Å². The van der Waals surface area contributed by atoms with Gasteiger partial charge in [0.15, 0.2) is 18.1 Å². The number of nitrogens with two attached hydrogens (primary N) is 1. The molecule has 0 aliphatic heterocycles. The molecule has 0 aliphatic carbocycles. The Labute approximate surface area is 156 Å². The largest absolute Gasteiger partial charge is 0.496 e. The maximum absolute atomic E-state index is 14.2. The number of methoxy groups -OCH3 is 2. The highest BCUT2D eigenvalue weighted by Crippen LogP contribution is 2.30. The first-order chi connectivity index (χ1) is 12.9. The number of ether oxygens (including phenoxy) is 3. The van der Waals surface area contributed by atoms with Crippen LogP contribution in [0.3, 0.4) is 0 Å². The normalized spacial score (nSPS) is 11.4. The lowest BCUT2D eigenvalue weighted by Gasteiger charge is -2.18. The summed E-state index contributed by atoms with van der Waals surface area (Å²) in [7, 11) is 2.84. The molecule has 0 aliphatic rings. The molecular formula is C19H21FN2O5. The van der Waals surface area contributed by atoms with Crippen molar-refractivity contribution in [3.05, 3.63) is 53.3 Å². The van der Waals surface area contributed by atoms with E-state index in [1.165, 1.54) is 44.6 Å². The van der Waals surface area contributed by atoms with Crippen molar-refractivity contribution in [3.63, 3.8) is 0 Å². The van der Waals surface area contributed by atoms with Crippen molar-refractivity contribution in [1.82, 2.24) is 5.32 Å². The fourth-order valence-electron chi connectivity index (χ4n) is 2.54. The lowest BCUT2D eigenvalue weighted by molar-refractivity contribution is -0.119. The van der Waals surface area contributed by atoms with E-state index in [-0.39, 0.29) is 29.2 Å². The highest BCUT2D eigenvalue weighted by Gasteiger charge is 2.20. The summed E-state index contributed by atoms with van der Waals surface area (Å²) in [4.78, 5) is 23.4. The van der Waals surface area contributed by atoms with Crippen LogP contribution in [0.15, 0.2) is 36.4 Å². The van der Waals surface area contributed by atoms with E-state index in [1.54, 1.807) is 13.0 Å². The van der Waals surface area contributed by atoms with Gasteiger partial charge < -0.3 is 25.3 Å². The third-order valence-electron chi connectivity index (χ3n) is 3.81. The van der Waals surface area contributed by atoms with Gasteiger partial charge in [0, 0.05) is 5.56 Å². The van der Waals surface area contributed by atoms with E-state index < -0.39 is 23.7 Å². The average Bonchev–Trinajstić information content (AvgIpc) is 2.65. The smallest absolute Gasteiger partial charge is 0.255 e. The molecule has 2 rings (SSSR count). The summed E-state index contributed by atoms with van der Waals surface area (Å²) in [6.07, 6.45) is 0. The summed E-state index contributed by atoms with van der Waals surface area (Å²) in [5.74, 6) is -0.665. The van der Waals surface area contributed by atoms with E-state index in [2.05, 4.69) is 5.32 Å². The highest BCUT2D eigenvalue weighted by atomic mass is 19.1. The summed E-state index contributed by atoms with van der Waals surface area (Å²) in [6.45, 7) is 1.34. The van der Waals surface area contributed by atoms with Gasteiger partial charge in [-0.2, -0.15) is 0 Å². The molecule has 1 unspecified atom stereocenters. The lowest BCUT2D eigenvalue weighted by atomic mass is 10.1. The number of carbonyl (C=O) groups excluding carboxylic acids is 2. The minimum Gasteiger partial charge on any atom is -0.496 e. The monoisotopic (exact) mass is 376 g/mol. The highest BCUT2D eigenvalue weighted by molar-refractivity contribution is 5.95. The quantitative estimate of drug-likeness (QED) is 0.736. The van der Waals surface area contributed by atoms with Crippen LogP contribution in [0, 0.1) is 5.82 Å². The molecule has 1 atom stereocenters. The molecule has 0 bridgehead atoms. The van der Waals surface area contributed by atoms with Gasteiger partial charge in [-0.1, -0.05) is 6.07 Å². The average molecular weight is 376 g/mol. The van der Waals surface area contributed by atoms with E-state index in [0.717, 1.165) is 0 Å². The Morgan fingerprint density at radius 2 is 1.81 bits per heavy atom. The van der Waals surface area contributed by atoms with Crippen molar-refractivity contribution in [2.75, 3.05) is 20.8 Å². The molecule has 0 fully saturated rings. The molecule has 27 heavy (non-hydrogen) atoms. The number of nitrogens with one attached hydrogen (secondary N) is 1. The Morgan fingerprint density at radius 1 is 1.11 bits per heavy atom. The molecule has 2 aromatic rings. The van der Waals surface area contributed by atoms with Crippen LogP contribution in [0.5, 0.6) is 17.2 Å². The van der Waals surface area contributed by atoms with Crippen molar-refractivity contribution >= 4 is 11.8 Å². The van der Waals surface area contributed by atoms with E-state index in [1.807, 2.05) is 0 Å². The van der Waals surface area contributed by atoms with E-state index in [4.69, 9.17) is 19.9 Å². The Bertz CT molecular complexity index is 841. The van der Waals surface area contributed by atoms with Crippen molar-refractivity contribution in [2.45, 2.75) is 13.0 Å². The molecule has 0 saturated carbocycles. The summed E-state index contributed by atoms with van der Waals surface area (Å²) in [5.41, 5.74) is 5.58. The van der Waals surface area contributed by atoms with Crippen LogP contribution in [0.1, 0.15) is 28.9 Å². The second-order valence-electron chi connectivity index (χ2n) is 5.67. The fourth-order valence-corrected chi connectivity index (χ4v) is 2.54. The van der Waals surface area contributed by atoms with Crippen LogP contribution in [-0.4, -0.2) is 32.6 Å². The fraction of sp³-hybridized carbons (Fsp3) is 0.263. The first kappa shape index (κ1) is 20.0. The molecule has 0 saturated heterocycles. The van der Waals surface area contributed by atoms with Crippen LogP contribution in [0.25, 0.3) is 0 Å². The molecular weight excluding hydrogens is 355 g/mol. The van der Waals surface area contributed by atoms with Gasteiger partial charge in [0.25, 0.3) is 11.8 Å². The van der Waals surface area contributed by atoms with Gasteiger partial charge in [0.05, 0.1) is 25.8 Å². The van der Waals surface area contributed by atoms with Crippen molar-refractivity contribution < 1.29 is 28.2 Å². The molecule has 0 radical (unpaired) electrons. The minimum absolute atomic E-state index is 0.252. The molecule has 2 amide bonds. The molecule has 0 aromatic heterocycles. The first-order valence-electron chi connectivity index (χ1n) is 8.09. The molecule has 3 N–H and O–H groups in total. The number of hydrogen-bond donors (Lipinski definition) is 2. The minimum atomic E-state index is -0.634. The zero-order valence-corrected chi connectivity index (χ0v) is 15.2. The van der Waals surface area contributed by atoms with Crippen LogP contribution in [0.4, 0.5) is 4.39 Å². The lowest BCUT2D eigenvalue weighted by Crippen LogP contribution is -2.27. The van der Waals surface area contributed by atoms with Crippen LogP contribution < -0.4 is 25.3 Å². The van der Waals surface area contributed by atoms with Gasteiger partial charge in [-0.25, -0.2) is 4.39 Å². The SMILES string of the molecule is COc1cc(C(=O)NC(C)c2c(F)cccc2OC)ccc1OCC(N)=O. The summed E-state index contributed by atoms with van der Waals surface area (Å²) in [5, 5.41) is 2.72. The van der Waals surface area contributed by atoms with Crippen LogP contribution in [0.2, 0.25) is 0 Å². The standard InChI is InChI=1S/C19H21FN2O5/c1-11(18-13(20)5-4-6-15(18)25-2)22-19(24)12-7-8-14(16(9-12)26-3)27-10-17(21)23/h4-9,11H,10H2,1-3H3,(H2,21,23)(H,22,24). The Morgan fingerprint density at radius 3 is 2.44 bits per heavy atom. The molecule has 0 heterocycles. The number of rotatable bonds is 8. The molecule has 7 nitrogen and oxygen atoms in total. The van der Waals surface area contributed by atoms with Gasteiger partial charge in [-0.05, 0) is 37.3 Å². The molecule has 144 valence electrons. The zero-order chi connectivity index (χ0) is 20.0. The first-order valence-corrected chi connectivity index (χ1v) is 8.09. The molecule has 2 aromatic carbocycles. The third kappa shape index (κ3) is 4.87. The van der Waals surface area contributed by atoms with E-state index in [9.17, 15) is 14.0 Å². The number of carbonyl (C=O) groups is 2. The molecule has 0 spiro atoms. The Hall–Kier alpha value is -3.29. The second kappa shape index (κ2) is 8.88. The predicted octanol–water partition coefficient (Wildman–Crippen LogP) is 2.20. The maximum atomic E-state index is 14.2. The number of hydrogen-bond acceptors (Lipinski definition) is 5. The maximum Gasteiger partial charge on any atom is 0.255 e. The van der Waals surface area contributed by atoms with Gasteiger partial charge in [0.2, 0.25) is 0 Å². The Balaban J connectivity index is 2.19. The van der Waals surface area contributed by atoms with Crippen LogP contribution >= 0.6 is 0 Å².